The Kier molecular flexibility index (Phi) is 3.42. The predicted molar refractivity (Wildman–Crippen MR) is 35.9 cm³/mol. The van der Waals surface area contributed by atoms with E-state index >= 15 is 0 Å². The van der Waals surface area contributed by atoms with Crippen molar-refractivity contribution in [2.24, 2.45) is 11.5 Å². The van der Waals surface area contributed by atoms with Gasteiger partial charge in [-0.25, -0.2) is 0 Å². The van der Waals surface area contributed by atoms with Crippen LogP contribution in [0.3, 0.4) is 0 Å². The van der Waals surface area contributed by atoms with E-state index in [1.54, 1.807) is 7.05 Å². The molecule has 0 saturated heterocycles. The summed E-state index contributed by atoms with van der Waals surface area (Å²) in [4.78, 5) is 21.9. The molecule has 5 heteroatoms. The van der Waals surface area contributed by atoms with Crippen molar-refractivity contribution in [2.45, 2.75) is 0 Å². The zero-order chi connectivity index (χ0) is 8.15. The highest BCUT2D eigenvalue weighted by Crippen LogP contribution is 1.77. The van der Waals surface area contributed by atoms with Crippen molar-refractivity contribution in [1.82, 2.24) is 4.90 Å². The number of nitrogens with zero attached hydrogens (tertiary/aromatic N) is 1. The van der Waals surface area contributed by atoms with Gasteiger partial charge in [-0.05, 0) is 7.05 Å². The van der Waals surface area contributed by atoms with Crippen LogP contribution in [0.4, 0.5) is 0 Å². The molecule has 4 N–H and O–H groups in total. The van der Waals surface area contributed by atoms with Crippen LogP contribution >= 0.6 is 0 Å². The molecule has 2 amide bonds. The van der Waals surface area contributed by atoms with Gasteiger partial charge in [0.25, 0.3) is 0 Å². The number of hydrogen-bond acceptors (Lipinski definition) is 3. The molecular weight excluding hydrogens is 134 g/mol. The number of rotatable bonds is 4. The Balaban J connectivity index is 3.53. The van der Waals surface area contributed by atoms with Crippen LogP contribution in [0, 0.1) is 0 Å². The Morgan fingerprint density at radius 1 is 1.20 bits per heavy atom. The van der Waals surface area contributed by atoms with Crippen LogP contribution in [-0.4, -0.2) is 36.9 Å². The predicted octanol–water partition coefficient (Wildman–Crippen LogP) is -2.11. The summed E-state index contributed by atoms with van der Waals surface area (Å²) < 4.78 is 0. The summed E-state index contributed by atoms with van der Waals surface area (Å²) >= 11 is 0. The molecule has 10 heavy (non-hydrogen) atoms. The van der Waals surface area contributed by atoms with Gasteiger partial charge < -0.3 is 11.5 Å². The SMILES string of the molecule is CN(CC(N)=O)CC(N)=O. The Morgan fingerprint density at radius 2 is 1.50 bits per heavy atom. The number of likely N-dealkylation sites (N-methyl/N-ethyl adjacent to an activating group) is 1. The highest BCUT2D eigenvalue weighted by atomic mass is 16.2. The lowest BCUT2D eigenvalue weighted by Gasteiger charge is -2.10. The van der Waals surface area contributed by atoms with Gasteiger partial charge in [-0.15, -0.1) is 0 Å². The Morgan fingerprint density at radius 3 is 1.70 bits per heavy atom. The lowest BCUT2D eigenvalue weighted by atomic mass is 10.5. The number of carbonyl (C=O) groups excluding carboxylic acids is 2. The third-order valence-corrected chi connectivity index (χ3v) is 0.852. The van der Waals surface area contributed by atoms with E-state index in [4.69, 9.17) is 11.5 Å². The monoisotopic (exact) mass is 145 g/mol. The molecule has 58 valence electrons. The average Bonchev–Trinajstić information content (AvgIpc) is 1.58. The number of nitrogens with two attached hydrogens (primary N) is 2. The fourth-order valence-corrected chi connectivity index (χ4v) is 0.588. The normalized spacial score (nSPS) is 9.80. The zero-order valence-electron chi connectivity index (χ0n) is 5.83. The quantitative estimate of drug-likeness (QED) is 0.474. The van der Waals surface area contributed by atoms with Crippen molar-refractivity contribution in [3.63, 3.8) is 0 Å². The molecule has 0 fully saturated rings. The molecule has 0 unspecified atom stereocenters. The lowest BCUT2D eigenvalue weighted by molar-refractivity contribution is -0.121. The first-order valence-corrected chi connectivity index (χ1v) is 2.77. The second kappa shape index (κ2) is 3.84. The van der Waals surface area contributed by atoms with Gasteiger partial charge in [-0.1, -0.05) is 0 Å². The Hall–Kier alpha value is -1.10. The largest absolute Gasteiger partial charge is 0.369 e. The summed E-state index contributed by atoms with van der Waals surface area (Å²) in [6.07, 6.45) is 0. The first-order valence-electron chi connectivity index (χ1n) is 2.77. The fourth-order valence-electron chi connectivity index (χ4n) is 0.588. The molecule has 0 aromatic heterocycles. The third-order valence-electron chi connectivity index (χ3n) is 0.852. The van der Waals surface area contributed by atoms with Gasteiger partial charge in [0.2, 0.25) is 11.8 Å². The molecule has 0 saturated carbocycles. The van der Waals surface area contributed by atoms with Gasteiger partial charge in [0.15, 0.2) is 0 Å². The lowest BCUT2D eigenvalue weighted by Crippen LogP contribution is -2.36. The van der Waals surface area contributed by atoms with E-state index in [0.29, 0.717) is 0 Å². The van der Waals surface area contributed by atoms with Crippen molar-refractivity contribution in [3.8, 4) is 0 Å². The third kappa shape index (κ3) is 5.04. The van der Waals surface area contributed by atoms with Gasteiger partial charge in [-0.2, -0.15) is 0 Å². The smallest absolute Gasteiger partial charge is 0.231 e. The van der Waals surface area contributed by atoms with Crippen LogP contribution in [-0.2, 0) is 9.59 Å². The molecule has 0 atom stereocenters. The standard InChI is InChI=1S/C5H11N3O2/c1-8(2-4(6)9)3-5(7)10/h2-3H2,1H3,(H2,6,9)(H2,7,10). The van der Waals surface area contributed by atoms with Crippen LogP contribution in [0.15, 0.2) is 0 Å². The van der Waals surface area contributed by atoms with E-state index in [9.17, 15) is 9.59 Å². The molecule has 0 rings (SSSR count). The second-order valence-electron chi connectivity index (χ2n) is 2.10. The van der Waals surface area contributed by atoms with Gasteiger partial charge >= 0.3 is 0 Å². The molecule has 0 aromatic rings. The van der Waals surface area contributed by atoms with Crippen LogP contribution in [0.2, 0.25) is 0 Å². The number of hydrogen-bond donors (Lipinski definition) is 2. The number of primary amides is 2. The summed E-state index contributed by atoms with van der Waals surface area (Å²) in [5.41, 5.74) is 9.67. The second-order valence-corrected chi connectivity index (χ2v) is 2.10. The van der Waals surface area contributed by atoms with Gasteiger partial charge in [0, 0.05) is 0 Å². The van der Waals surface area contributed by atoms with Crippen molar-refractivity contribution in [3.05, 3.63) is 0 Å². The van der Waals surface area contributed by atoms with E-state index in [-0.39, 0.29) is 13.1 Å². The minimum atomic E-state index is -0.469. The molecule has 0 heterocycles. The maximum atomic E-state index is 10.2. The van der Waals surface area contributed by atoms with Gasteiger partial charge in [-0.3, -0.25) is 14.5 Å². The van der Waals surface area contributed by atoms with Crippen LogP contribution in [0.1, 0.15) is 0 Å². The van der Waals surface area contributed by atoms with Crippen LogP contribution in [0.25, 0.3) is 0 Å². The van der Waals surface area contributed by atoms with Crippen molar-refractivity contribution < 1.29 is 9.59 Å². The molecule has 0 aliphatic rings. The van der Waals surface area contributed by atoms with E-state index in [1.165, 1.54) is 4.90 Å². The molecule has 0 radical (unpaired) electrons. The fraction of sp³-hybridized carbons (Fsp3) is 0.600. The Labute approximate surface area is 59.0 Å². The highest BCUT2D eigenvalue weighted by molar-refractivity contribution is 5.79. The first-order chi connectivity index (χ1) is 4.52. The zero-order valence-corrected chi connectivity index (χ0v) is 5.83. The van der Waals surface area contributed by atoms with Crippen molar-refractivity contribution in [2.75, 3.05) is 20.1 Å². The Bertz CT molecular complexity index is 130. The molecule has 0 aliphatic heterocycles. The minimum Gasteiger partial charge on any atom is -0.369 e. The maximum absolute atomic E-state index is 10.2. The molecule has 5 nitrogen and oxygen atoms in total. The summed E-state index contributed by atoms with van der Waals surface area (Å²) in [5.74, 6) is -0.937. The van der Waals surface area contributed by atoms with E-state index < -0.39 is 11.8 Å². The summed E-state index contributed by atoms with van der Waals surface area (Å²) in [6, 6.07) is 0. The molecule has 0 aromatic carbocycles. The molecule has 0 aliphatic carbocycles. The molecule has 0 bridgehead atoms. The minimum absolute atomic E-state index is 0.0585. The van der Waals surface area contributed by atoms with Gasteiger partial charge in [0.1, 0.15) is 0 Å². The van der Waals surface area contributed by atoms with Crippen molar-refractivity contribution in [1.29, 1.82) is 0 Å². The molecular formula is C5H11N3O2. The summed E-state index contributed by atoms with van der Waals surface area (Å²) in [7, 11) is 1.59. The number of amides is 2. The highest BCUT2D eigenvalue weighted by Gasteiger charge is 2.03. The topological polar surface area (TPSA) is 89.4 Å². The van der Waals surface area contributed by atoms with Crippen LogP contribution < -0.4 is 11.5 Å². The first kappa shape index (κ1) is 8.90. The van der Waals surface area contributed by atoms with E-state index in [1.807, 2.05) is 0 Å². The van der Waals surface area contributed by atoms with E-state index in [0.717, 1.165) is 0 Å². The molecule has 0 spiro atoms. The maximum Gasteiger partial charge on any atom is 0.231 e. The number of carbonyl (C=O) groups is 2. The van der Waals surface area contributed by atoms with Crippen LogP contribution in [0.5, 0.6) is 0 Å². The summed E-state index contributed by atoms with van der Waals surface area (Å²) in [5, 5.41) is 0. The van der Waals surface area contributed by atoms with E-state index in [2.05, 4.69) is 0 Å². The van der Waals surface area contributed by atoms with Gasteiger partial charge in [0.05, 0.1) is 13.1 Å². The average molecular weight is 145 g/mol. The summed E-state index contributed by atoms with van der Waals surface area (Å²) in [6.45, 7) is 0.117. The van der Waals surface area contributed by atoms with Crippen molar-refractivity contribution >= 4 is 11.8 Å².